The lowest BCUT2D eigenvalue weighted by atomic mass is 9.89. The van der Waals surface area contributed by atoms with Crippen molar-refractivity contribution in [1.29, 1.82) is 0 Å². The Hall–Kier alpha value is -2.04. The van der Waals surface area contributed by atoms with Crippen LogP contribution in [-0.2, 0) is 9.47 Å². The molecule has 0 heterocycles. The van der Waals surface area contributed by atoms with Crippen molar-refractivity contribution in [2.45, 2.75) is 45.6 Å². The molecule has 1 fully saturated rings. The van der Waals surface area contributed by atoms with Gasteiger partial charge in [-0.1, -0.05) is 13.3 Å². The molecule has 120 valence electrons. The van der Waals surface area contributed by atoms with E-state index in [1.807, 2.05) is 0 Å². The predicted octanol–water partition coefficient (Wildman–Crippen LogP) is 3.99. The fraction of sp³-hybridized carbons (Fsp3) is 0.529. The van der Waals surface area contributed by atoms with Gasteiger partial charge in [-0.25, -0.2) is 9.59 Å². The Morgan fingerprint density at radius 3 is 2.59 bits per heavy atom. The van der Waals surface area contributed by atoms with Crippen molar-refractivity contribution < 1.29 is 19.1 Å². The van der Waals surface area contributed by atoms with Crippen LogP contribution in [0.4, 0.5) is 10.5 Å². The fourth-order valence-electron chi connectivity index (χ4n) is 2.69. The first-order chi connectivity index (χ1) is 10.6. The van der Waals surface area contributed by atoms with Crippen LogP contribution in [0.15, 0.2) is 24.3 Å². The van der Waals surface area contributed by atoms with E-state index in [1.54, 1.807) is 31.2 Å². The number of nitrogens with one attached hydrogen (secondary N) is 1. The molecular weight excluding hydrogens is 282 g/mol. The van der Waals surface area contributed by atoms with Crippen molar-refractivity contribution in [3.63, 3.8) is 0 Å². The number of hydrogen-bond acceptors (Lipinski definition) is 4. The summed E-state index contributed by atoms with van der Waals surface area (Å²) in [6.45, 7) is 4.28. The monoisotopic (exact) mass is 305 g/mol. The largest absolute Gasteiger partial charge is 0.462 e. The van der Waals surface area contributed by atoms with Gasteiger partial charge in [-0.3, -0.25) is 5.32 Å². The van der Waals surface area contributed by atoms with Gasteiger partial charge in [0.15, 0.2) is 0 Å². The Balaban J connectivity index is 1.85. The third kappa shape index (κ3) is 4.76. The van der Waals surface area contributed by atoms with Crippen LogP contribution in [-0.4, -0.2) is 24.8 Å². The quantitative estimate of drug-likeness (QED) is 0.854. The van der Waals surface area contributed by atoms with Crippen molar-refractivity contribution in [2.24, 2.45) is 5.92 Å². The summed E-state index contributed by atoms with van der Waals surface area (Å²) in [6.07, 6.45) is 3.73. The van der Waals surface area contributed by atoms with Gasteiger partial charge in [-0.05, 0) is 56.4 Å². The highest BCUT2D eigenvalue weighted by molar-refractivity contribution is 5.91. The molecule has 0 spiro atoms. The highest BCUT2D eigenvalue weighted by Crippen LogP contribution is 2.26. The van der Waals surface area contributed by atoms with E-state index in [1.165, 1.54) is 6.42 Å². The first-order valence-electron chi connectivity index (χ1n) is 7.83. The lowest BCUT2D eigenvalue weighted by molar-refractivity contribution is 0.0526. The van der Waals surface area contributed by atoms with Crippen molar-refractivity contribution in [3.05, 3.63) is 29.8 Å². The molecule has 0 aliphatic heterocycles. The summed E-state index contributed by atoms with van der Waals surface area (Å²) < 4.78 is 10.3. The molecule has 0 aromatic heterocycles. The van der Waals surface area contributed by atoms with Gasteiger partial charge in [0.25, 0.3) is 0 Å². The lowest BCUT2D eigenvalue weighted by Gasteiger charge is -2.26. The molecular formula is C17H23NO4. The second kappa shape index (κ2) is 7.82. The Labute approximate surface area is 131 Å². The molecule has 1 saturated carbocycles. The Morgan fingerprint density at radius 2 is 1.95 bits per heavy atom. The highest BCUT2D eigenvalue weighted by atomic mass is 16.6. The molecule has 5 heteroatoms. The minimum Gasteiger partial charge on any atom is -0.462 e. The highest BCUT2D eigenvalue weighted by Gasteiger charge is 2.22. The van der Waals surface area contributed by atoms with Crippen LogP contribution in [0, 0.1) is 5.92 Å². The number of anilines is 1. The molecule has 5 nitrogen and oxygen atoms in total. The van der Waals surface area contributed by atoms with Crippen molar-refractivity contribution in [2.75, 3.05) is 11.9 Å². The first-order valence-corrected chi connectivity index (χ1v) is 7.83. The molecule has 22 heavy (non-hydrogen) atoms. The van der Waals surface area contributed by atoms with Gasteiger partial charge in [0.05, 0.1) is 12.2 Å². The Bertz CT molecular complexity index is 512. The van der Waals surface area contributed by atoms with Gasteiger partial charge < -0.3 is 9.47 Å². The average Bonchev–Trinajstić information content (AvgIpc) is 2.48. The maximum atomic E-state index is 11.9. The molecule has 1 aliphatic carbocycles. The first kappa shape index (κ1) is 16.3. The SMILES string of the molecule is CCOC(=O)c1ccc(NC(=O)OC2CCCC(C)C2)cc1. The molecule has 2 unspecified atom stereocenters. The maximum Gasteiger partial charge on any atom is 0.411 e. The molecule has 0 saturated heterocycles. The topological polar surface area (TPSA) is 64.6 Å². The van der Waals surface area contributed by atoms with Crippen LogP contribution in [0.5, 0.6) is 0 Å². The number of carbonyl (C=O) groups excluding carboxylic acids is 2. The van der Waals surface area contributed by atoms with Gasteiger partial charge >= 0.3 is 12.1 Å². The van der Waals surface area contributed by atoms with E-state index in [2.05, 4.69) is 12.2 Å². The predicted molar refractivity (Wildman–Crippen MR) is 83.9 cm³/mol. The Morgan fingerprint density at radius 1 is 1.23 bits per heavy atom. The lowest BCUT2D eigenvalue weighted by Crippen LogP contribution is -2.27. The molecule has 1 aromatic carbocycles. The van der Waals surface area contributed by atoms with Crippen molar-refractivity contribution in [3.8, 4) is 0 Å². The number of amides is 1. The van der Waals surface area contributed by atoms with E-state index >= 15 is 0 Å². The average molecular weight is 305 g/mol. The van der Waals surface area contributed by atoms with Gasteiger partial charge in [0, 0.05) is 5.69 Å². The van der Waals surface area contributed by atoms with Crippen LogP contribution in [0.2, 0.25) is 0 Å². The number of esters is 1. The normalized spacial score (nSPS) is 21.0. The molecule has 1 aliphatic rings. The fourth-order valence-corrected chi connectivity index (χ4v) is 2.69. The van der Waals surface area contributed by atoms with E-state index in [9.17, 15) is 9.59 Å². The van der Waals surface area contributed by atoms with Crippen LogP contribution in [0.1, 0.15) is 49.9 Å². The zero-order chi connectivity index (χ0) is 15.9. The smallest absolute Gasteiger partial charge is 0.411 e. The van der Waals surface area contributed by atoms with E-state index in [0.717, 1.165) is 19.3 Å². The van der Waals surface area contributed by atoms with Gasteiger partial charge in [0.2, 0.25) is 0 Å². The molecule has 0 radical (unpaired) electrons. The number of hydrogen-bond donors (Lipinski definition) is 1. The summed E-state index contributed by atoms with van der Waals surface area (Å²) in [5, 5.41) is 2.69. The van der Waals surface area contributed by atoms with E-state index < -0.39 is 6.09 Å². The summed E-state index contributed by atoms with van der Waals surface area (Å²) >= 11 is 0. The molecule has 2 rings (SSSR count). The van der Waals surface area contributed by atoms with Crippen LogP contribution >= 0.6 is 0 Å². The van der Waals surface area contributed by atoms with Crippen LogP contribution in [0.25, 0.3) is 0 Å². The number of benzene rings is 1. The van der Waals surface area contributed by atoms with Gasteiger partial charge in [-0.15, -0.1) is 0 Å². The third-order valence-electron chi connectivity index (χ3n) is 3.80. The standard InChI is InChI=1S/C17H23NO4/c1-3-21-16(19)13-7-9-14(10-8-13)18-17(20)22-15-6-4-5-12(2)11-15/h7-10,12,15H,3-6,11H2,1-2H3,(H,18,20). The molecule has 1 amide bonds. The van der Waals surface area contributed by atoms with E-state index in [-0.39, 0.29) is 12.1 Å². The zero-order valence-electron chi connectivity index (χ0n) is 13.1. The summed E-state index contributed by atoms with van der Waals surface area (Å²) in [6, 6.07) is 6.57. The van der Waals surface area contributed by atoms with Crippen LogP contribution < -0.4 is 5.32 Å². The zero-order valence-corrected chi connectivity index (χ0v) is 13.1. The summed E-state index contributed by atoms with van der Waals surface area (Å²) in [7, 11) is 0. The van der Waals surface area contributed by atoms with Crippen molar-refractivity contribution in [1.82, 2.24) is 0 Å². The number of rotatable bonds is 4. The van der Waals surface area contributed by atoms with Crippen LogP contribution in [0.3, 0.4) is 0 Å². The maximum absolute atomic E-state index is 11.9. The van der Waals surface area contributed by atoms with Gasteiger partial charge in [0.1, 0.15) is 6.10 Å². The minimum atomic E-state index is -0.442. The molecule has 1 N–H and O–H groups in total. The summed E-state index contributed by atoms with van der Waals surface area (Å²) in [4.78, 5) is 23.4. The molecule has 1 aromatic rings. The third-order valence-corrected chi connectivity index (χ3v) is 3.80. The van der Waals surface area contributed by atoms with Gasteiger partial charge in [-0.2, -0.15) is 0 Å². The minimum absolute atomic E-state index is 0.00237. The van der Waals surface area contributed by atoms with E-state index in [0.29, 0.717) is 23.8 Å². The summed E-state index contributed by atoms with van der Waals surface area (Å²) in [5.74, 6) is 0.239. The number of carbonyl (C=O) groups is 2. The molecule has 0 bridgehead atoms. The Kier molecular flexibility index (Phi) is 5.81. The van der Waals surface area contributed by atoms with Crippen molar-refractivity contribution >= 4 is 17.7 Å². The second-order valence-electron chi connectivity index (χ2n) is 5.72. The molecule has 2 atom stereocenters. The second-order valence-corrected chi connectivity index (χ2v) is 5.72. The van der Waals surface area contributed by atoms with E-state index in [4.69, 9.17) is 9.47 Å². The summed E-state index contributed by atoms with van der Waals surface area (Å²) in [5.41, 5.74) is 1.06. The number of ether oxygens (including phenoxy) is 2.